The second kappa shape index (κ2) is 8.02. The molecule has 1 aromatic carbocycles. The van der Waals surface area contributed by atoms with E-state index >= 15 is 0 Å². The third-order valence-electron chi connectivity index (χ3n) is 4.73. The summed E-state index contributed by atoms with van der Waals surface area (Å²) in [5.41, 5.74) is -0.200. The molecule has 1 amide bonds. The Kier molecular flexibility index (Phi) is 6.01. The lowest BCUT2D eigenvalue weighted by molar-refractivity contribution is -0.128. The molecule has 1 aliphatic rings. The number of benzene rings is 1. The van der Waals surface area contributed by atoms with Gasteiger partial charge in [-0.1, -0.05) is 26.8 Å². The Hall–Kier alpha value is -2.00. The molecule has 3 rings (SSSR count). The van der Waals surface area contributed by atoms with E-state index in [1.54, 1.807) is 6.07 Å². The van der Waals surface area contributed by atoms with Crippen molar-refractivity contribution in [1.82, 2.24) is 5.32 Å². The van der Waals surface area contributed by atoms with Gasteiger partial charge in [0.1, 0.15) is 4.21 Å². The number of amides is 1. The molecule has 1 N–H and O–H groups in total. The monoisotopic (exact) mass is 442 g/mol. The first kappa shape index (κ1) is 21.7. The maximum absolute atomic E-state index is 14.4. The summed E-state index contributed by atoms with van der Waals surface area (Å²) in [6.45, 7) is 5.94. The number of sulfonamides is 1. The minimum Gasteiger partial charge on any atom is -0.355 e. The molecule has 0 aliphatic carbocycles. The molecule has 0 unspecified atom stereocenters. The minimum atomic E-state index is -4.00. The maximum atomic E-state index is 14.4. The third kappa shape index (κ3) is 4.45. The van der Waals surface area contributed by atoms with Crippen molar-refractivity contribution in [3.63, 3.8) is 0 Å². The molecule has 0 saturated carbocycles. The number of hydrogen-bond acceptors (Lipinski definition) is 4. The first-order chi connectivity index (χ1) is 13.5. The van der Waals surface area contributed by atoms with E-state index in [0.29, 0.717) is 31.4 Å². The van der Waals surface area contributed by atoms with Crippen LogP contribution in [0.4, 0.5) is 14.5 Å². The molecule has 0 fully saturated rings. The Balaban J connectivity index is 1.79. The molecule has 0 radical (unpaired) electrons. The van der Waals surface area contributed by atoms with E-state index < -0.39 is 27.1 Å². The third-order valence-corrected chi connectivity index (χ3v) is 8.14. The van der Waals surface area contributed by atoms with E-state index in [2.05, 4.69) is 5.32 Å². The smallest absolute Gasteiger partial charge is 0.273 e. The van der Waals surface area contributed by atoms with Gasteiger partial charge in [-0.3, -0.25) is 9.10 Å². The van der Waals surface area contributed by atoms with Gasteiger partial charge in [-0.05, 0) is 43.0 Å². The lowest BCUT2D eigenvalue weighted by Gasteiger charge is -2.30. The average molecular weight is 443 g/mol. The van der Waals surface area contributed by atoms with Crippen LogP contribution in [0.3, 0.4) is 0 Å². The lowest BCUT2D eigenvalue weighted by atomic mass is 9.96. The van der Waals surface area contributed by atoms with Gasteiger partial charge in [0.15, 0.2) is 11.6 Å². The Labute approximate surface area is 173 Å². The Morgan fingerprint density at radius 2 is 1.93 bits per heavy atom. The molecule has 5 nitrogen and oxygen atoms in total. The fourth-order valence-corrected chi connectivity index (χ4v) is 6.13. The molecule has 0 saturated heterocycles. The number of rotatable bonds is 5. The molecule has 1 aromatic heterocycles. The molecular formula is C20H24F2N2O3S2. The van der Waals surface area contributed by atoms with Crippen LogP contribution in [-0.4, -0.2) is 27.4 Å². The summed E-state index contributed by atoms with van der Waals surface area (Å²) >= 11 is 1.08. The minimum absolute atomic E-state index is 0.0751. The maximum Gasteiger partial charge on any atom is 0.273 e. The highest BCUT2D eigenvalue weighted by Crippen LogP contribution is 2.37. The molecule has 2 aromatic rings. The second-order valence-electron chi connectivity index (χ2n) is 8.03. The van der Waals surface area contributed by atoms with E-state index in [1.807, 2.05) is 20.8 Å². The predicted octanol–water partition coefficient (Wildman–Crippen LogP) is 3.87. The van der Waals surface area contributed by atoms with E-state index in [9.17, 15) is 22.0 Å². The highest BCUT2D eigenvalue weighted by molar-refractivity contribution is 7.94. The number of halogens is 2. The average Bonchev–Trinajstić information content (AvgIpc) is 3.13. The molecule has 2 heterocycles. The zero-order chi connectivity index (χ0) is 21.4. The zero-order valence-electron chi connectivity index (χ0n) is 16.6. The van der Waals surface area contributed by atoms with Gasteiger partial charge < -0.3 is 5.32 Å². The highest BCUT2D eigenvalue weighted by Gasteiger charge is 2.33. The van der Waals surface area contributed by atoms with Crippen LogP contribution in [0.2, 0.25) is 0 Å². The molecule has 0 spiro atoms. The van der Waals surface area contributed by atoms with Crippen LogP contribution in [0.25, 0.3) is 0 Å². The molecular weight excluding hydrogens is 418 g/mol. The molecule has 158 valence electrons. The first-order valence-corrected chi connectivity index (χ1v) is 11.6. The molecule has 9 heteroatoms. The summed E-state index contributed by atoms with van der Waals surface area (Å²) in [6.07, 6.45) is 1.53. The van der Waals surface area contributed by atoms with Gasteiger partial charge in [-0.25, -0.2) is 17.2 Å². The number of nitrogens with zero attached hydrogens (tertiary/aromatic N) is 1. The van der Waals surface area contributed by atoms with Crippen molar-refractivity contribution < 1.29 is 22.0 Å². The summed E-state index contributed by atoms with van der Waals surface area (Å²) in [5.74, 6) is -2.27. The number of carbonyl (C=O) groups excluding carboxylic acids is 1. The number of nitrogens with one attached hydrogen (secondary N) is 1. The summed E-state index contributed by atoms with van der Waals surface area (Å²) < 4.78 is 55.4. The summed E-state index contributed by atoms with van der Waals surface area (Å²) in [5, 5.41) is 2.83. The molecule has 0 bridgehead atoms. The fourth-order valence-electron chi connectivity index (χ4n) is 3.12. The number of fused-ring (bicyclic) bond motifs is 1. The van der Waals surface area contributed by atoms with Gasteiger partial charge in [0, 0.05) is 23.4 Å². The topological polar surface area (TPSA) is 66.5 Å². The Morgan fingerprint density at radius 1 is 1.21 bits per heavy atom. The van der Waals surface area contributed by atoms with Gasteiger partial charge in [0.25, 0.3) is 10.0 Å². The van der Waals surface area contributed by atoms with Crippen LogP contribution in [0.5, 0.6) is 0 Å². The summed E-state index contributed by atoms with van der Waals surface area (Å²) in [6, 6.07) is 5.63. The quantitative estimate of drug-likeness (QED) is 0.764. The molecule has 29 heavy (non-hydrogen) atoms. The van der Waals surface area contributed by atoms with Crippen LogP contribution >= 0.6 is 11.3 Å². The number of carbonyl (C=O) groups is 1. The highest BCUT2D eigenvalue weighted by atomic mass is 32.2. The summed E-state index contributed by atoms with van der Waals surface area (Å²) in [7, 11) is -4.00. The van der Waals surface area contributed by atoms with Gasteiger partial charge >= 0.3 is 0 Å². The van der Waals surface area contributed by atoms with Crippen molar-refractivity contribution in [3.8, 4) is 0 Å². The van der Waals surface area contributed by atoms with Gasteiger partial charge in [-0.15, -0.1) is 11.3 Å². The predicted molar refractivity (Wildman–Crippen MR) is 110 cm³/mol. The number of anilines is 1. The largest absolute Gasteiger partial charge is 0.355 e. The van der Waals surface area contributed by atoms with Crippen LogP contribution < -0.4 is 9.62 Å². The SMILES string of the molecule is CC(C)(C)C(=O)NCCc1ccc(S(=O)(=O)N2CCCc3ccc(F)c(F)c32)s1. The van der Waals surface area contributed by atoms with Gasteiger partial charge in [0.05, 0.1) is 5.69 Å². The number of thiophene rings is 1. The van der Waals surface area contributed by atoms with Crippen molar-refractivity contribution >= 4 is 33.0 Å². The Bertz CT molecular complexity index is 1030. The van der Waals surface area contributed by atoms with Crippen LogP contribution in [0.15, 0.2) is 28.5 Å². The van der Waals surface area contributed by atoms with Gasteiger partial charge in [0.2, 0.25) is 5.91 Å². The standard InChI is InChI=1S/C20H24F2N2O3S2/c1-20(2,3)19(25)23-11-10-14-7-9-16(28-14)29(26,27)24-12-4-5-13-6-8-15(21)17(22)18(13)24/h6-9H,4-5,10-12H2,1-3H3,(H,23,25). The normalized spacial score (nSPS) is 14.6. The van der Waals surface area contributed by atoms with Crippen molar-refractivity contribution in [2.24, 2.45) is 5.41 Å². The van der Waals surface area contributed by atoms with Crippen molar-refractivity contribution in [1.29, 1.82) is 0 Å². The summed E-state index contributed by atoms with van der Waals surface area (Å²) in [4.78, 5) is 12.7. The molecule has 0 atom stereocenters. The first-order valence-electron chi connectivity index (χ1n) is 9.38. The van der Waals surface area contributed by atoms with E-state index in [-0.39, 0.29) is 22.3 Å². The second-order valence-corrected chi connectivity index (χ2v) is 11.3. The van der Waals surface area contributed by atoms with E-state index in [1.165, 1.54) is 12.1 Å². The lowest BCUT2D eigenvalue weighted by Crippen LogP contribution is -2.36. The van der Waals surface area contributed by atoms with Crippen molar-refractivity contribution in [3.05, 3.63) is 46.3 Å². The van der Waals surface area contributed by atoms with Crippen molar-refractivity contribution in [2.75, 3.05) is 17.4 Å². The van der Waals surface area contributed by atoms with Crippen LogP contribution in [0.1, 0.15) is 37.6 Å². The van der Waals surface area contributed by atoms with Crippen molar-refractivity contribution in [2.45, 2.75) is 44.2 Å². The number of aryl methyl sites for hydroxylation is 1. The zero-order valence-corrected chi connectivity index (χ0v) is 18.2. The van der Waals surface area contributed by atoms with E-state index in [0.717, 1.165) is 26.6 Å². The number of hydrogen-bond donors (Lipinski definition) is 1. The van der Waals surface area contributed by atoms with Crippen LogP contribution in [0, 0.1) is 17.0 Å². The fraction of sp³-hybridized carbons (Fsp3) is 0.450. The van der Waals surface area contributed by atoms with E-state index in [4.69, 9.17) is 0 Å². The molecule has 1 aliphatic heterocycles. The Morgan fingerprint density at radius 3 is 2.62 bits per heavy atom. The van der Waals surface area contributed by atoms with Crippen LogP contribution in [-0.2, 0) is 27.7 Å². The van der Waals surface area contributed by atoms with Gasteiger partial charge in [-0.2, -0.15) is 0 Å².